The zero-order chi connectivity index (χ0) is 13.8. The van der Waals surface area contributed by atoms with Gasteiger partial charge in [-0.3, -0.25) is 4.79 Å². The van der Waals surface area contributed by atoms with Gasteiger partial charge in [-0.15, -0.1) is 0 Å². The summed E-state index contributed by atoms with van der Waals surface area (Å²) in [6, 6.07) is 0.313. The summed E-state index contributed by atoms with van der Waals surface area (Å²) in [4.78, 5) is 21.6. The Balaban J connectivity index is 2.15. The number of aryl methyl sites for hydroxylation is 1. The molecule has 104 valence electrons. The fourth-order valence-corrected chi connectivity index (χ4v) is 2.60. The van der Waals surface area contributed by atoms with E-state index in [4.69, 9.17) is 5.11 Å². The zero-order valence-corrected chi connectivity index (χ0v) is 11.6. The summed E-state index contributed by atoms with van der Waals surface area (Å²) in [5.41, 5.74) is 2.42. The Kier molecular flexibility index (Phi) is 4.35. The van der Waals surface area contributed by atoms with E-state index in [-0.39, 0.29) is 6.42 Å². The number of rotatable bonds is 6. The third-order valence-corrected chi connectivity index (χ3v) is 3.54. The monoisotopic (exact) mass is 263 g/mol. The highest BCUT2D eigenvalue weighted by Crippen LogP contribution is 2.29. The fourth-order valence-electron chi connectivity index (χ4n) is 2.60. The lowest BCUT2D eigenvalue weighted by atomic mass is 10.2. The van der Waals surface area contributed by atoms with Crippen LogP contribution in [0.1, 0.15) is 44.4 Å². The fraction of sp³-hybridized carbons (Fsp3) is 0.643. The van der Waals surface area contributed by atoms with Crippen molar-refractivity contribution in [1.82, 2.24) is 9.97 Å². The van der Waals surface area contributed by atoms with E-state index in [1.807, 2.05) is 0 Å². The van der Waals surface area contributed by atoms with Crippen LogP contribution in [0.5, 0.6) is 0 Å². The largest absolute Gasteiger partial charge is 0.481 e. The van der Waals surface area contributed by atoms with Gasteiger partial charge in [0.05, 0.1) is 0 Å². The zero-order valence-electron chi connectivity index (χ0n) is 11.6. The quantitative estimate of drug-likeness (QED) is 0.850. The van der Waals surface area contributed by atoms with Crippen molar-refractivity contribution in [2.24, 2.45) is 0 Å². The molecular formula is C14H21N3O2. The molecule has 1 aliphatic carbocycles. The summed E-state index contributed by atoms with van der Waals surface area (Å²) in [7, 11) is 0. The second-order valence-electron chi connectivity index (χ2n) is 5.26. The number of nitrogens with zero attached hydrogens (tertiary/aromatic N) is 3. The van der Waals surface area contributed by atoms with E-state index < -0.39 is 5.97 Å². The summed E-state index contributed by atoms with van der Waals surface area (Å²) in [5, 5.41) is 8.75. The molecule has 0 unspecified atom stereocenters. The van der Waals surface area contributed by atoms with Gasteiger partial charge in [0.1, 0.15) is 12.1 Å². The van der Waals surface area contributed by atoms with E-state index in [9.17, 15) is 4.79 Å². The molecule has 0 radical (unpaired) electrons. The van der Waals surface area contributed by atoms with E-state index in [2.05, 4.69) is 28.7 Å². The van der Waals surface area contributed by atoms with Crippen LogP contribution in [0, 0.1) is 0 Å². The van der Waals surface area contributed by atoms with Gasteiger partial charge in [-0.05, 0) is 39.5 Å². The molecule has 1 N–H and O–H groups in total. The molecule has 0 saturated carbocycles. The van der Waals surface area contributed by atoms with Gasteiger partial charge in [-0.1, -0.05) is 0 Å². The molecule has 0 atom stereocenters. The number of aromatic nitrogens is 2. The van der Waals surface area contributed by atoms with Crippen molar-refractivity contribution in [2.75, 3.05) is 11.4 Å². The molecule has 0 aliphatic heterocycles. The number of hydrogen-bond acceptors (Lipinski definition) is 4. The topological polar surface area (TPSA) is 66.3 Å². The van der Waals surface area contributed by atoms with Gasteiger partial charge in [-0.2, -0.15) is 0 Å². The lowest BCUT2D eigenvalue weighted by Gasteiger charge is -2.29. The SMILES string of the molecule is CC(C)N(CCCC(=O)O)c1ncnc2c1CCC2. The van der Waals surface area contributed by atoms with Crippen LogP contribution in [0.2, 0.25) is 0 Å². The van der Waals surface area contributed by atoms with Crippen LogP contribution in [-0.4, -0.2) is 33.6 Å². The second-order valence-corrected chi connectivity index (χ2v) is 5.26. The maximum atomic E-state index is 10.6. The average Bonchev–Trinajstić information content (AvgIpc) is 2.82. The lowest BCUT2D eigenvalue weighted by molar-refractivity contribution is -0.137. The first-order chi connectivity index (χ1) is 9.09. The minimum Gasteiger partial charge on any atom is -0.481 e. The first kappa shape index (κ1) is 13.8. The first-order valence-corrected chi connectivity index (χ1v) is 6.90. The molecule has 0 fully saturated rings. The Morgan fingerprint density at radius 1 is 1.42 bits per heavy atom. The van der Waals surface area contributed by atoms with E-state index in [1.165, 1.54) is 5.56 Å². The maximum Gasteiger partial charge on any atom is 0.303 e. The normalized spacial score (nSPS) is 13.6. The van der Waals surface area contributed by atoms with Crippen LogP contribution in [0.3, 0.4) is 0 Å². The minimum atomic E-state index is -0.739. The number of carbonyl (C=O) groups is 1. The third kappa shape index (κ3) is 3.22. The Morgan fingerprint density at radius 2 is 2.21 bits per heavy atom. The van der Waals surface area contributed by atoms with E-state index >= 15 is 0 Å². The molecule has 19 heavy (non-hydrogen) atoms. The van der Waals surface area contributed by atoms with Crippen molar-refractivity contribution in [1.29, 1.82) is 0 Å². The standard InChI is InChI=1S/C14H21N3O2/c1-10(2)17(8-4-7-13(18)19)14-11-5-3-6-12(11)15-9-16-14/h9-10H,3-8H2,1-2H3,(H,18,19). The van der Waals surface area contributed by atoms with Crippen molar-refractivity contribution in [3.63, 3.8) is 0 Å². The summed E-state index contributed by atoms with van der Waals surface area (Å²) in [6.07, 6.45) is 5.69. The highest BCUT2D eigenvalue weighted by atomic mass is 16.4. The third-order valence-electron chi connectivity index (χ3n) is 3.54. The molecule has 1 aromatic heterocycles. The van der Waals surface area contributed by atoms with Crippen molar-refractivity contribution >= 4 is 11.8 Å². The number of anilines is 1. The lowest BCUT2D eigenvalue weighted by Crippen LogP contribution is -2.33. The molecule has 0 spiro atoms. The molecule has 0 aromatic carbocycles. The van der Waals surface area contributed by atoms with Crippen LogP contribution in [0.25, 0.3) is 0 Å². The Labute approximate surface area is 113 Å². The number of hydrogen-bond donors (Lipinski definition) is 1. The maximum absolute atomic E-state index is 10.6. The summed E-state index contributed by atoms with van der Waals surface area (Å²) >= 11 is 0. The van der Waals surface area contributed by atoms with Crippen LogP contribution < -0.4 is 4.90 Å². The average molecular weight is 263 g/mol. The molecule has 0 saturated heterocycles. The highest BCUT2D eigenvalue weighted by molar-refractivity contribution is 5.66. The number of carboxylic acid groups (broad SMARTS) is 1. The summed E-state index contributed by atoms with van der Waals surface area (Å²) in [5.74, 6) is 0.263. The number of aliphatic carboxylic acids is 1. The molecule has 1 heterocycles. The van der Waals surface area contributed by atoms with Gasteiger partial charge in [0, 0.05) is 30.3 Å². The predicted molar refractivity (Wildman–Crippen MR) is 73.4 cm³/mol. The van der Waals surface area contributed by atoms with E-state index in [0.29, 0.717) is 12.5 Å². The molecule has 5 nitrogen and oxygen atoms in total. The second kappa shape index (κ2) is 5.99. The molecule has 2 rings (SSSR count). The van der Waals surface area contributed by atoms with Crippen LogP contribution in [0.15, 0.2) is 6.33 Å². The van der Waals surface area contributed by atoms with Crippen LogP contribution in [0.4, 0.5) is 5.82 Å². The molecule has 0 bridgehead atoms. The molecule has 1 aromatic rings. The highest BCUT2D eigenvalue weighted by Gasteiger charge is 2.22. The van der Waals surface area contributed by atoms with Crippen molar-refractivity contribution in [3.05, 3.63) is 17.6 Å². The Bertz CT molecular complexity index is 460. The molecule has 0 amide bonds. The van der Waals surface area contributed by atoms with Gasteiger partial charge < -0.3 is 10.0 Å². The van der Waals surface area contributed by atoms with Gasteiger partial charge in [0.25, 0.3) is 0 Å². The smallest absolute Gasteiger partial charge is 0.303 e. The van der Waals surface area contributed by atoms with E-state index in [1.54, 1.807) is 6.33 Å². The summed E-state index contributed by atoms with van der Waals surface area (Å²) in [6.45, 7) is 4.96. The van der Waals surface area contributed by atoms with E-state index in [0.717, 1.165) is 37.3 Å². The van der Waals surface area contributed by atoms with Crippen LogP contribution >= 0.6 is 0 Å². The van der Waals surface area contributed by atoms with Gasteiger partial charge in [0.2, 0.25) is 0 Å². The number of carboxylic acids is 1. The van der Waals surface area contributed by atoms with Gasteiger partial charge >= 0.3 is 5.97 Å². The van der Waals surface area contributed by atoms with Crippen molar-refractivity contribution in [3.8, 4) is 0 Å². The number of fused-ring (bicyclic) bond motifs is 1. The van der Waals surface area contributed by atoms with Gasteiger partial charge in [-0.25, -0.2) is 9.97 Å². The molecule has 5 heteroatoms. The molecular weight excluding hydrogens is 242 g/mol. The Morgan fingerprint density at radius 3 is 2.89 bits per heavy atom. The first-order valence-electron chi connectivity index (χ1n) is 6.90. The molecule has 1 aliphatic rings. The Hall–Kier alpha value is -1.65. The minimum absolute atomic E-state index is 0.205. The van der Waals surface area contributed by atoms with Crippen molar-refractivity contribution < 1.29 is 9.90 Å². The van der Waals surface area contributed by atoms with Crippen LogP contribution in [-0.2, 0) is 17.6 Å². The summed E-state index contributed by atoms with van der Waals surface area (Å²) < 4.78 is 0. The van der Waals surface area contributed by atoms with Gasteiger partial charge in [0.15, 0.2) is 0 Å². The predicted octanol–water partition coefficient (Wildman–Crippen LogP) is 2.04. The van der Waals surface area contributed by atoms with Crippen molar-refractivity contribution in [2.45, 2.75) is 52.0 Å².